The van der Waals surface area contributed by atoms with Crippen LogP contribution in [0.5, 0.6) is 0 Å². The van der Waals surface area contributed by atoms with Gasteiger partial charge >= 0.3 is 11.9 Å². The Morgan fingerprint density at radius 1 is 0.970 bits per heavy atom. The molecule has 4 unspecified atom stereocenters. The van der Waals surface area contributed by atoms with Gasteiger partial charge in [0, 0.05) is 18.3 Å². The Balaban J connectivity index is 1.57. The summed E-state index contributed by atoms with van der Waals surface area (Å²) in [5.41, 5.74) is 1.44. The van der Waals surface area contributed by atoms with Crippen LogP contribution in [0.25, 0.3) is 10.8 Å². The molecule has 1 aliphatic carbocycles. The summed E-state index contributed by atoms with van der Waals surface area (Å²) in [5.74, 6) is 4.15. The van der Waals surface area contributed by atoms with Gasteiger partial charge in [-0.05, 0) is 41.3 Å². The summed E-state index contributed by atoms with van der Waals surface area (Å²) in [6.07, 6.45) is 0.0700. The molecule has 0 radical (unpaired) electrons. The zero-order chi connectivity index (χ0) is 23.2. The summed E-state index contributed by atoms with van der Waals surface area (Å²) in [5, 5.41) is 21.6. The minimum Gasteiger partial charge on any atom is -0.481 e. The number of hydrogen-bond donors (Lipinski definition) is 2. The number of carboxylic acid groups (broad SMARTS) is 1. The standard InChI is InChI=1S/C28H26O5/c29-26-15-13-21(25(26)18-27(30)31)12-14-24(33-28(32)22-7-2-1-3-8-22)17-19-10-11-20-6-4-5-9-23(20)16-19/h1-11,16,21,24-26,29H,13,15,17-18H2,(H,30,31). The predicted molar refractivity (Wildman–Crippen MR) is 126 cm³/mol. The number of carbonyl (C=O) groups excluding carboxylic acids is 1. The van der Waals surface area contributed by atoms with Crippen molar-refractivity contribution in [1.82, 2.24) is 0 Å². The second-order valence-corrected chi connectivity index (χ2v) is 8.45. The molecule has 4 atom stereocenters. The van der Waals surface area contributed by atoms with E-state index in [-0.39, 0.29) is 12.3 Å². The molecule has 0 bridgehead atoms. The van der Waals surface area contributed by atoms with Gasteiger partial charge in [0.2, 0.25) is 0 Å². The van der Waals surface area contributed by atoms with E-state index < -0.39 is 30.1 Å². The van der Waals surface area contributed by atoms with Crippen molar-refractivity contribution in [3.63, 3.8) is 0 Å². The van der Waals surface area contributed by atoms with E-state index in [4.69, 9.17) is 4.74 Å². The fraction of sp³-hybridized carbons (Fsp3) is 0.286. The van der Waals surface area contributed by atoms with Crippen LogP contribution in [-0.4, -0.2) is 34.4 Å². The molecule has 1 fully saturated rings. The van der Waals surface area contributed by atoms with Crippen molar-refractivity contribution in [2.24, 2.45) is 11.8 Å². The molecule has 0 aliphatic heterocycles. The second-order valence-electron chi connectivity index (χ2n) is 8.45. The molecule has 4 rings (SSSR count). The van der Waals surface area contributed by atoms with Gasteiger partial charge in [0.25, 0.3) is 0 Å². The van der Waals surface area contributed by atoms with Crippen LogP contribution >= 0.6 is 0 Å². The Labute approximate surface area is 193 Å². The third kappa shape index (κ3) is 5.79. The molecular formula is C28H26O5. The first-order chi connectivity index (χ1) is 16.0. The summed E-state index contributed by atoms with van der Waals surface area (Å²) in [7, 11) is 0. The number of esters is 1. The number of benzene rings is 3. The number of hydrogen-bond acceptors (Lipinski definition) is 4. The SMILES string of the molecule is O=C(O)CC1C(O)CCC1C#CC(Cc1ccc2ccccc2c1)OC(=O)c1ccccc1. The van der Waals surface area contributed by atoms with Crippen molar-refractivity contribution in [2.75, 3.05) is 0 Å². The molecule has 5 nitrogen and oxygen atoms in total. The molecule has 0 amide bonds. The average molecular weight is 443 g/mol. The predicted octanol–water partition coefficient (Wildman–Crippen LogP) is 4.47. The maximum absolute atomic E-state index is 12.7. The number of aliphatic hydroxyl groups excluding tert-OH is 1. The van der Waals surface area contributed by atoms with E-state index in [0.717, 1.165) is 16.3 Å². The first-order valence-electron chi connectivity index (χ1n) is 11.1. The van der Waals surface area contributed by atoms with E-state index in [2.05, 4.69) is 17.9 Å². The van der Waals surface area contributed by atoms with Crippen LogP contribution in [0.1, 0.15) is 35.2 Å². The van der Waals surface area contributed by atoms with Gasteiger partial charge in [-0.3, -0.25) is 4.79 Å². The lowest BCUT2D eigenvalue weighted by molar-refractivity contribution is -0.139. The minimum atomic E-state index is -0.948. The third-order valence-corrected chi connectivity index (χ3v) is 6.12. The Hall–Kier alpha value is -3.62. The summed E-state index contributed by atoms with van der Waals surface area (Å²) in [6, 6.07) is 22.9. The van der Waals surface area contributed by atoms with E-state index >= 15 is 0 Å². The van der Waals surface area contributed by atoms with Gasteiger partial charge in [-0.25, -0.2) is 4.79 Å². The van der Waals surface area contributed by atoms with Gasteiger partial charge in [0.1, 0.15) is 0 Å². The number of aliphatic carboxylic acids is 1. The van der Waals surface area contributed by atoms with Crippen LogP contribution < -0.4 is 0 Å². The molecule has 168 valence electrons. The lowest BCUT2D eigenvalue weighted by atomic mass is 9.91. The minimum absolute atomic E-state index is 0.125. The molecule has 5 heteroatoms. The fourth-order valence-corrected chi connectivity index (χ4v) is 4.38. The third-order valence-electron chi connectivity index (χ3n) is 6.12. The van der Waals surface area contributed by atoms with E-state index in [0.29, 0.717) is 24.8 Å². The first-order valence-corrected chi connectivity index (χ1v) is 11.1. The Kier molecular flexibility index (Phi) is 7.07. The highest BCUT2D eigenvalue weighted by Crippen LogP contribution is 2.34. The normalized spacial score (nSPS) is 20.6. The van der Waals surface area contributed by atoms with Gasteiger partial charge in [-0.2, -0.15) is 0 Å². The Morgan fingerprint density at radius 3 is 2.45 bits per heavy atom. The lowest BCUT2D eigenvalue weighted by Gasteiger charge is -2.17. The molecule has 1 saturated carbocycles. The molecule has 1 aliphatic rings. The van der Waals surface area contributed by atoms with Crippen molar-refractivity contribution in [1.29, 1.82) is 0 Å². The highest BCUT2D eigenvalue weighted by atomic mass is 16.5. The van der Waals surface area contributed by atoms with E-state index in [1.165, 1.54) is 0 Å². The van der Waals surface area contributed by atoms with Crippen LogP contribution in [0.15, 0.2) is 72.8 Å². The van der Waals surface area contributed by atoms with Crippen molar-refractivity contribution in [2.45, 2.75) is 37.9 Å². The van der Waals surface area contributed by atoms with Crippen LogP contribution in [0, 0.1) is 23.7 Å². The zero-order valence-corrected chi connectivity index (χ0v) is 18.2. The maximum atomic E-state index is 12.7. The van der Waals surface area contributed by atoms with E-state index in [9.17, 15) is 19.8 Å². The van der Waals surface area contributed by atoms with Gasteiger partial charge in [-0.1, -0.05) is 72.5 Å². The van der Waals surface area contributed by atoms with Gasteiger partial charge in [-0.15, -0.1) is 0 Å². The summed E-state index contributed by atoms with van der Waals surface area (Å²) >= 11 is 0. The second kappa shape index (κ2) is 10.3. The van der Waals surface area contributed by atoms with Crippen molar-refractivity contribution in [3.8, 4) is 11.8 Å². The quantitative estimate of drug-likeness (QED) is 0.435. The molecule has 3 aromatic rings. The summed E-state index contributed by atoms with van der Waals surface area (Å²) in [4.78, 5) is 23.9. The van der Waals surface area contributed by atoms with Crippen molar-refractivity contribution >= 4 is 22.7 Å². The number of rotatable bonds is 6. The van der Waals surface area contributed by atoms with Crippen LogP contribution in [0.2, 0.25) is 0 Å². The number of carbonyl (C=O) groups is 2. The highest BCUT2D eigenvalue weighted by molar-refractivity contribution is 5.89. The first kappa shape index (κ1) is 22.6. The van der Waals surface area contributed by atoms with Crippen LogP contribution in [-0.2, 0) is 16.0 Å². The van der Waals surface area contributed by atoms with Crippen LogP contribution in [0.3, 0.4) is 0 Å². The lowest BCUT2D eigenvalue weighted by Crippen LogP contribution is -2.23. The van der Waals surface area contributed by atoms with E-state index in [1.807, 2.05) is 42.5 Å². The number of fused-ring (bicyclic) bond motifs is 1. The molecule has 0 spiro atoms. The Morgan fingerprint density at radius 2 is 1.70 bits per heavy atom. The molecule has 0 aromatic heterocycles. The summed E-state index contributed by atoms with van der Waals surface area (Å²) in [6.45, 7) is 0. The van der Waals surface area contributed by atoms with Gasteiger partial charge < -0.3 is 14.9 Å². The highest BCUT2D eigenvalue weighted by Gasteiger charge is 2.35. The number of ether oxygens (including phenoxy) is 1. The number of aliphatic hydroxyl groups is 1. The molecule has 33 heavy (non-hydrogen) atoms. The van der Waals surface area contributed by atoms with Gasteiger partial charge in [0.15, 0.2) is 6.10 Å². The fourth-order valence-electron chi connectivity index (χ4n) is 4.38. The van der Waals surface area contributed by atoms with Crippen LogP contribution in [0.4, 0.5) is 0 Å². The molecule has 0 saturated heterocycles. The zero-order valence-electron chi connectivity index (χ0n) is 18.2. The maximum Gasteiger partial charge on any atom is 0.339 e. The molecule has 3 aromatic carbocycles. The van der Waals surface area contributed by atoms with Crippen molar-refractivity contribution in [3.05, 3.63) is 83.9 Å². The van der Waals surface area contributed by atoms with Crippen molar-refractivity contribution < 1.29 is 24.5 Å². The summed E-state index contributed by atoms with van der Waals surface area (Å²) < 4.78 is 5.76. The largest absolute Gasteiger partial charge is 0.481 e. The molecule has 0 heterocycles. The molecular weight excluding hydrogens is 416 g/mol. The monoisotopic (exact) mass is 442 g/mol. The molecule has 2 N–H and O–H groups in total. The topological polar surface area (TPSA) is 83.8 Å². The van der Waals surface area contributed by atoms with Gasteiger partial charge in [0.05, 0.1) is 18.1 Å². The average Bonchev–Trinajstić information content (AvgIpc) is 3.16. The van der Waals surface area contributed by atoms with E-state index in [1.54, 1.807) is 24.3 Å². The Bertz CT molecular complexity index is 1190. The smallest absolute Gasteiger partial charge is 0.339 e. The number of carboxylic acids is 1.